The summed E-state index contributed by atoms with van der Waals surface area (Å²) in [5, 5.41) is 35.0. The van der Waals surface area contributed by atoms with Crippen LogP contribution in [0.5, 0.6) is 0 Å². The molecule has 1 aliphatic carbocycles. The largest absolute Gasteiger partial charge is 0.400 e. The second-order valence-corrected chi connectivity index (χ2v) is 13.4. The highest BCUT2D eigenvalue weighted by Crippen LogP contribution is 2.18. The number of aliphatic hydroxyl groups excluding tert-OH is 5. The molecule has 0 aliphatic heterocycles. The van der Waals surface area contributed by atoms with Gasteiger partial charge in [-0.15, -0.1) is 0 Å². The van der Waals surface area contributed by atoms with Crippen molar-refractivity contribution in [2.45, 2.75) is 244 Å². The van der Waals surface area contributed by atoms with E-state index in [-0.39, 0.29) is 0 Å². The first-order valence-corrected chi connectivity index (χ1v) is 21.2. The molecule has 1 rings (SSSR count). The number of hydrogen-bond acceptors (Lipinski definition) is 5. The van der Waals surface area contributed by atoms with Crippen molar-refractivity contribution >= 4 is 0 Å². The van der Waals surface area contributed by atoms with Crippen LogP contribution in [-0.4, -0.2) is 61.1 Å². The minimum absolute atomic E-state index is 1.00. The second-order valence-electron chi connectivity index (χ2n) is 13.4. The van der Waals surface area contributed by atoms with Gasteiger partial charge in [-0.3, -0.25) is 0 Å². The molecule has 0 unspecified atom stereocenters. The van der Waals surface area contributed by atoms with Gasteiger partial charge in [0.2, 0.25) is 0 Å². The molecule has 0 atom stereocenters. The van der Waals surface area contributed by atoms with E-state index < -0.39 is 0 Å². The van der Waals surface area contributed by atoms with Gasteiger partial charge in [-0.25, -0.2) is 0 Å². The predicted octanol–water partition coefficient (Wildman–Crippen LogP) is 12.9. The Morgan fingerprint density at radius 3 is 0.146 bits per heavy atom. The molecule has 0 aromatic heterocycles. The monoisotopic (exact) mass is 693 g/mol. The van der Waals surface area contributed by atoms with Crippen LogP contribution in [0.2, 0.25) is 0 Å². The summed E-state index contributed by atoms with van der Waals surface area (Å²) in [7, 11) is 5.00. The van der Waals surface area contributed by atoms with E-state index in [1.54, 1.807) is 0 Å². The normalized spacial score (nSPS) is 19.6. The summed E-state index contributed by atoms with van der Waals surface area (Å²) in [6, 6.07) is 0. The zero-order chi connectivity index (χ0) is 36.9. The van der Waals surface area contributed by atoms with Gasteiger partial charge in [0.15, 0.2) is 0 Å². The summed E-state index contributed by atoms with van der Waals surface area (Å²) in [5.74, 6) is 0. The molecule has 1 aliphatic rings. The van der Waals surface area contributed by atoms with Crippen LogP contribution in [0.25, 0.3) is 0 Å². The minimum Gasteiger partial charge on any atom is -0.400 e. The van der Waals surface area contributed by atoms with E-state index in [0.717, 1.165) is 35.5 Å². The first kappa shape index (κ1) is 57.2. The maximum Gasteiger partial charge on any atom is 0.0319 e. The Morgan fingerprint density at radius 2 is 0.125 bits per heavy atom. The van der Waals surface area contributed by atoms with Crippen LogP contribution < -0.4 is 0 Å². The average molecular weight is 693 g/mol. The topological polar surface area (TPSA) is 101 Å². The van der Waals surface area contributed by atoms with E-state index in [9.17, 15) is 0 Å². The lowest BCUT2D eigenvalue weighted by atomic mass is 10.0. The maximum absolute atomic E-state index is 7.00. The van der Waals surface area contributed by atoms with Crippen molar-refractivity contribution in [1.29, 1.82) is 0 Å². The van der Waals surface area contributed by atoms with Crippen LogP contribution in [0.3, 0.4) is 0 Å². The van der Waals surface area contributed by atoms with Gasteiger partial charge >= 0.3 is 0 Å². The van der Waals surface area contributed by atoms with E-state index in [0.29, 0.717) is 0 Å². The van der Waals surface area contributed by atoms with Gasteiger partial charge < -0.3 is 25.5 Å². The maximum atomic E-state index is 7.00. The third-order valence-electron chi connectivity index (χ3n) is 9.50. The second kappa shape index (κ2) is 68.7. The summed E-state index contributed by atoms with van der Waals surface area (Å²) in [6.45, 7) is 0. The third-order valence-corrected chi connectivity index (χ3v) is 9.50. The zero-order valence-electron chi connectivity index (χ0n) is 34.1. The average Bonchev–Trinajstić information content (AvgIpc) is 3.15. The molecule has 48 heavy (non-hydrogen) atoms. The smallest absolute Gasteiger partial charge is 0.0319 e. The summed E-state index contributed by atoms with van der Waals surface area (Å²) in [5.41, 5.74) is 0. The van der Waals surface area contributed by atoms with Gasteiger partial charge in [-0.1, -0.05) is 244 Å². The van der Waals surface area contributed by atoms with E-state index in [2.05, 4.69) is 0 Å². The van der Waals surface area contributed by atoms with Crippen molar-refractivity contribution in [2.24, 2.45) is 0 Å². The number of hydrogen-bond donors (Lipinski definition) is 5. The summed E-state index contributed by atoms with van der Waals surface area (Å²) in [4.78, 5) is 0. The van der Waals surface area contributed by atoms with Crippen molar-refractivity contribution in [1.82, 2.24) is 0 Å². The molecule has 0 saturated heterocycles. The molecular formula is C43H96O5. The predicted molar refractivity (Wildman–Crippen MR) is 216 cm³/mol. The molecule has 0 aromatic rings. The van der Waals surface area contributed by atoms with Gasteiger partial charge in [-0.05, 0) is 0 Å². The summed E-state index contributed by atoms with van der Waals surface area (Å²) in [6.07, 6.45) is 57.0. The highest BCUT2D eigenvalue weighted by molar-refractivity contribution is 4.54. The summed E-state index contributed by atoms with van der Waals surface area (Å²) >= 11 is 0. The molecule has 298 valence electrons. The van der Waals surface area contributed by atoms with Gasteiger partial charge in [0, 0.05) is 35.5 Å². The van der Waals surface area contributed by atoms with Crippen molar-refractivity contribution in [3.05, 3.63) is 0 Å². The number of rotatable bonds is 0. The van der Waals surface area contributed by atoms with Crippen molar-refractivity contribution in [3.8, 4) is 0 Å². The zero-order valence-corrected chi connectivity index (χ0v) is 34.1. The van der Waals surface area contributed by atoms with Crippen LogP contribution >= 0.6 is 0 Å². The fourth-order valence-corrected chi connectivity index (χ4v) is 6.72. The van der Waals surface area contributed by atoms with E-state index in [4.69, 9.17) is 25.5 Å². The van der Waals surface area contributed by atoms with Crippen LogP contribution in [0, 0.1) is 0 Å². The summed E-state index contributed by atoms with van der Waals surface area (Å²) < 4.78 is 0. The Morgan fingerprint density at radius 1 is 0.104 bits per heavy atom. The molecule has 0 bridgehead atoms. The lowest BCUT2D eigenvalue weighted by molar-refractivity contribution is 0.399. The molecule has 1 fully saturated rings. The molecule has 1 saturated carbocycles. The fourth-order valence-electron chi connectivity index (χ4n) is 6.72. The van der Waals surface area contributed by atoms with Crippen molar-refractivity contribution < 1.29 is 25.5 Å². The van der Waals surface area contributed by atoms with Crippen LogP contribution in [0.4, 0.5) is 0 Å². The molecule has 5 N–H and O–H groups in total. The van der Waals surface area contributed by atoms with E-state index in [1.807, 2.05) is 0 Å². The Bertz CT molecular complexity index is 223. The van der Waals surface area contributed by atoms with E-state index in [1.165, 1.54) is 244 Å². The van der Waals surface area contributed by atoms with Gasteiger partial charge in [0.05, 0.1) is 0 Å². The van der Waals surface area contributed by atoms with Crippen LogP contribution in [0.1, 0.15) is 244 Å². The molecule has 0 aromatic carbocycles. The van der Waals surface area contributed by atoms with Crippen LogP contribution in [0.15, 0.2) is 0 Å². The SMILES string of the molecule is C1CCCCCCCCCCCCCCCCCCCCCCCCCCCCCCCCCCCCC1.CO.CO.CO.CO.CO. The molecule has 0 heterocycles. The molecular weight excluding hydrogens is 596 g/mol. The third kappa shape index (κ3) is 64.3. The fraction of sp³-hybridized carbons (Fsp3) is 1.00. The van der Waals surface area contributed by atoms with Gasteiger partial charge in [0.25, 0.3) is 0 Å². The van der Waals surface area contributed by atoms with Gasteiger partial charge in [0.1, 0.15) is 0 Å². The first-order valence-electron chi connectivity index (χ1n) is 21.2. The molecule has 5 heteroatoms. The van der Waals surface area contributed by atoms with Crippen LogP contribution in [-0.2, 0) is 0 Å². The lowest BCUT2D eigenvalue weighted by Crippen LogP contribution is -1.85. The molecule has 0 spiro atoms. The molecule has 0 amide bonds. The first-order chi connectivity index (χ1) is 24.0. The number of aliphatic hydroxyl groups is 5. The Hall–Kier alpha value is -0.200. The minimum atomic E-state index is 1.00. The quantitative estimate of drug-likeness (QED) is 0.174. The highest BCUT2D eigenvalue weighted by Gasteiger charge is 1.98. The lowest BCUT2D eigenvalue weighted by Gasteiger charge is -2.05. The molecule has 5 nitrogen and oxygen atoms in total. The highest BCUT2D eigenvalue weighted by atomic mass is 16.2. The van der Waals surface area contributed by atoms with Crippen molar-refractivity contribution in [2.75, 3.05) is 35.5 Å². The standard InChI is InChI=1S/C38H76.5CH4O/c1-2-4-6-8-10-12-14-16-18-20-22-24-26-28-30-32-34-36-38-37-35-33-31-29-27-25-23-21-19-17-15-13-11-9-7-5-3-1;5*1-2/h1-38H2;5*2H,1H3. The Labute approximate surface area is 304 Å². The van der Waals surface area contributed by atoms with E-state index >= 15 is 0 Å². The molecule has 0 radical (unpaired) electrons. The van der Waals surface area contributed by atoms with Gasteiger partial charge in [-0.2, -0.15) is 0 Å². The Kier molecular flexibility index (Phi) is 81.8. The van der Waals surface area contributed by atoms with Crippen molar-refractivity contribution in [3.63, 3.8) is 0 Å². The Balaban J connectivity index is -0.000000560.